The van der Waals surface area contributed by atoms with Gasteiger partial charge in [0.2, 0.25) is 0 Å². The molecule has 3 nitrogen and oxygen atoms in total. The first kappa shape index (κ1) is 17.5. The van der Waals surface area contributed by atoms with Crippen LogP contribution in [0.4, 0.5) is 0 Å². The van der Waals surface area contributed by atoms with Gasteiger partial charge >= 0.3 is 7.48 Å². The molecule has 0 amide bonds. The largest absolute Gasteiger partial charge is 0.427 e. The maximum absolute atomic E-state index is 10.4. The van der Waals surface area contributed by atoms with Gasteiger partial charge in [-0.15, -0.1) is 11.3 Å². The van der Waals surface area contributed by atoms with Crippen LogP contribution in [0, 0.1) is 0 Å². The Bertz CT molecular complexity index is 1110. The summed E-state index contributed by atoms with van der Waals surface area (Å²) in [4.78, 5) is 4.57. The van der Waals surface area contributed by atoms with Crippen molar-refractivity contribution in [3.63, 3.8) is 0 Å². The predicted octanol–water partition coefficient (Wildman–Crippen LogP) is 4.15. The Balaban J connectivity index is 1.87. The molecule has 0 aliphatic heterocycles. The van der Waals surface area contributed by atoms with Crippen LogP contribution in [0.1, 0.15) is 27.7 Å². The van der Waals surface area contributed by atoms with Gasteiger partial charge in [-0.25, -0.2) is 0 Å². The SMILES string of the molecule is CC(C)(O)C(C)(C)OBc1cccc2ccc3c4ncccc4sc3c12. The number of benzene rings is 2. The number of aromatic nitrogens is 1. The molecule has 0 spiro atoms. The molecule has 1 N–H and O–H groups in total. The molecule has 0 aliphatic rings. The Morgan fingerprint density at radius 1 is 1.04 bits per heavy atom. The topological polar surface area (TPSA) is 42.4 Å². The highest BCUT2D eigenvalue weighted by molar-refractivity contribution is 7.26. The summed E-state index contributed by atoms with van der Waals surface area (Å²) in [5.74, 6) is 0. The zero-order valence-corrected chi connectivity index (χ0v) is 16.4. The van der Waals surface area contributed by atoms with E-state index in [-0.39, 0.29) is 0 Å². The molecule has 0 unspecified atom stereocenters. The van der Waals surface area contributed by atoms with Crippen LogP contribution in [-0.4, -0.2) is 28.8 Å². The van der Waals surface area contributed by atoms with Crippen LogP contribution < -0.4 is 5.46 Å². The fourth-order valence-corrected chi connectivity index (χ4v) is 4.30. The highest BCUT2D eigenvalue weighted by Gasteiger charge is 2.35. The van der Waals surface area contributed by atoms with Gasteiger partial charge in [-0.2, -0.15) is 0 Å². The number of rotatable bonds is 4. The molecule has 0 bridgehead atoms. The van der Waals surface area contributed by atoms with Crippen LogP contribution in [0.3, 0.4) is 0 Å². The summed E-state index contributed by atoms with van der Waals surface area (Å²) in [5.41, 5.74) is 0.623. The fourth-order valence-electron chi connectivity index (χ4n) is 3.05. The van der Waals surface area contributed by atoms with Crippen LogP contribution in [-0.2, 0) is 4.65 Å². The van der Waals surface area contributed by atoms with Crippen molar-refractivity contribution in [2.75, 3.05) is 0 Å². The van der Waals surface area contributed by atoms with Crippen molar-refractivity contribution in [2.45, 2.75) is 38.9 Å². The summed E-state index contributed by atoms with van der Waals surface area (Å²) in [6, 6.07) is 14.7. The zero-order valence-electron chi connectivity index (χ0n) is 15.5. The van der Waals surface area contributed by atoms with Crippen LogP contribution in [0.2, 0.25) is 0 Å². The number of pyridine rings is 1. The Labute approximate surface area is 157 Å². The third kappa shape index (κ3) is 2.80. The molecule has 0 saturated carbocycles. The highest BCUT2D eigenvalue weighted by Crippen LogP contribution is 2.36. The quantitative estimate of drug-likeness (QED) is 0.554. The van der Waals surface area contributed by atoms with Gasteiger partial charge in [-0.1, -0.05) is 30.3 Å². The maximum Gasteiger partial charge on any atom is 0.310 e. The van der Waals surface area contributed by atoms with Crippen LogP contribution >= 0.6 is 11.3 Å². The van der Waals surface area contributed by atoms with E-state index in [1.165, 1.54) is 25.6 Å². The summed E-state index contributed by atoms with van der Waals surface area (Å²) in [5, 5.41) is 14.0. The number of thiophene rings is 1. The van der Waals surface area contributed by atoms with Gasteiger partial charge in [0.15, 0.2) is 0 Å². The summed E-state index contributed by atoms with van der Waals surface area (Å²) < 4.78 is 8.59. The van der Waals surface area contributed by atoms with E-state index in [0.717, 1.165) is 11.0 Å². The molecule has 4 rings (SSSR count). The first-order valence-corrected chi connectivity index (χ1v) is 9.64. The van der Waals surface area contributed by atoms with Gasteiger partial charge in [-0.05, 0) is 56.1 Å². The molecule has 0 saturated heterocycles. The number of aliphatic hydroxyl groups is 1. The molecule has 0 aliphatic carbocycles. The van der Waals surface area contributed by atoms with Crippen LogP contribution in [0.15, 0.2) is 48.7 Å². The Hall–Kier alpha value is -1.95. The second kappa shape index (κ2) is 6.05. The maximum atomic E-state index is 10.4. The van der Waals surface area contributed by atoms with Crippen molar-refractivity contribution in [3.05, 3.63) is 48.7 Å². The molecule has 5 heteroatoms. The Kier molecular flexibility index (Phi) is 4.06. The average Bonchev–Trinajstić information content (AvgIpc) is 2.97. The normalized spacial score (nSPS) is 13.0. The fraction of sp³-hybridized carbons (Fsp3) is 0.286. The van der Waals surface area contributed by atoms with Gasteiger partial charge in [0.1, 0.15) is 0 Å². The Morgan fingerprint density at radius 2 is 1.85 bits per heavy atom. The van der Waals surface area contributed by atoms with Crippen molar-refractivity contribution >= 4 is 55.4 Å². The minimum atomic E-state index is -0.922. The van der Waals surface area contributed by atoms with Gasteiger partial charge in [-0.3, -0.25) is 4.98 Å². The lowest BCUT2D eigenvalue weighted by Gasteiger charge is -2.37. The first-order valence-electron chi connectivity index (χ1n) is 8.82. The first-order chi connectivity index (χ1) is 12.3. The van der Waals surface area contributed by atoms with Crippen LogP contribution in [0.5, 0.6) is 0 Å². The number of fused-ring (bicyclic) bond motifs is 5. The van der Waals surface area contributed by atoms with Gasteiger partial charge in [0.25, 0.3) is 0 Å². The van der Waals surface area contributed by atoms with E-state index in [1.807, 2.05) is 26.1 Å². The summed E-state index contributed by atoms with van der Waals surface area (Å²) in [6.45, 7) is 7.42. The summed E-state index contributed by atoms with van der Waals surface area (Å²) >= 11 is 1.78. The molecule has 0 radical (unpaired) electrons. The molecule has 26 heavy (non-hydrogen) atoms. The molecule has 0 atom stereocenters. The smallest absolute Gasteiger partial charge is 0.310 e. The minimum absolute atomic E-state index is 0.453. The average molecular weight is 363 g/mol. The minimum Gasteiger partial charge on any atom is -0.427 e. The number of hydrogen-bond acceptors (Lipinski definition) is 4. The third-order valence-corrected chi connectivity index (χ3v) is 6.56. The van der Waals surface area contributed by atoms with E-state index >= 15 is 0 Å². The van der Waals surface area contributed by atoms with E-state index in [0.29, 0.717) is 7.48 Å². The Morgan fingerprint density at radius 3 is 2.62 bits per heavy atom. The van der Waals surface area contributed by atoms with Crippen molar-refractivity contribution < 1.29 is 9.76 Å². The molecule has 0 fully saturated rings. The van der Waals surface area contributed by atoms with E-state index in [1.54, 1.807) is 25.2 Å². The third-order valence-electron chi connectivity index (χ3n) is 5.38. The van der Waals surface area contributed by atoms with Crippen molar-refractivity contribution in [1.29, 1.82) is 0 Å². The lowest BCUT2D eigenvalue weighted by molar-refractivity contribution is -0.0893. The molecule has 4 aromatic rings. The summed E-state index contributed by atoms with van der Waals surface area (Å²) in [6.07, 6.45) is 1.85. The number of nitrogens with zero attached hydrogens (tertiary/aromatic N) is 1. The lowest BCUT2D eigenvalue weighted by atomic mass is 9.80. The predicted molar refractivity (Wildman–Crippen MR) is 113 cm³/mol. The number of hydrogen-bond donors (Lipinski definition) is 1. The van der Waals surface area contributed by atoms with Crippen molar-refractivity contribution in [1.82, 2.24) is 4.98 Å². The molecule has 2 aromatic heterocycles. The highest BCUT2D eigenvalue weighted by atomic mass is 32.1. The van der Waals surface area contributed by atoms with Crippen molar-refractivity contribution in [2.24, 2.45) is 0 Å². The molecule has 2 aromatic carbocycles. The van der Waals surface area contributed by atoms with E-state index in [4.69, 9.17) is 4.65 Å². The van der Waals surface area contributed by atoms with Gasteiger partial charge in [0.05, 0.1) is 21.4 Å². The standard InChI is InChI=1S/C21H22BNO2S/c1-20(2,24)21(3,4)25-22-15-8-5-7-13-10-11-14-18-16(9-6-12-23-18)26-19(14)17(13)15/h5-12,22,24H,1-4H3. The molecule has 132 valence electrons. The van der Waals surface area contributed by atoms with E-state index < -0.39 is 11.2 Å². The molecule has 2 heterocycles. The van der Waals surface area contributed by atoms with Gasteiger partial charge < -0.3 is 9.76 Å². The van der Waals surface area contributed by atoms with E-state index in [2.05, 4.69) is 41.4 Å². The van der Waals surface area contributed by atoms with E-state index in [9.17, 15) is 5.11 Å². The second-order valence-corrected chi connectivity index (χ2v) is 8.82. The molecular weight excluding hydrogens is 341 g/mol. The van der Waals surface area contributed by atoms with Crippen LogP contribution in [0.25, 0.3) is 31.1 Å². The summed E-state index contributed by atoms with van der Waals surface area (Å²) in [7, 11) is 0.453. The zero-order chi connectivity index (χ0) is 18.5. The second-order valence-electron chi connectivity index (χ2n) is 7.77. The molecular formula is C21H22BNO2S. The monoisotopic (exact) mass is 363 g/mol. The lowest BCUT2D eigenvalue weighted by Crippen LogP contribution is -2.49. The van der Waals surface area contributed by atoms with Gasteiger partial charge in [0, 0.05) is 16.3 Å². The van der Waals surface area contributed by atoms with Crippen molar-refractivity contribution in [3.8, 4) is 0 Å².